The molecule has 0 amide bonds. The molecule has 1 fully saturated rings. The van der Waals surface area contributed by atoms with E-state index in [-0.39, 0.29) is 23.4 Å². The standard InChI is InChI=1S/C42H46O2/c43-41(29-27-37(34-17-8-3-9-18-34)30-32-12-4-1-5-13-32)39-20-11-21-40-38(39)28-26-36(42(40)44)19-10-14-31-22-24-35(25-23-31)33-15-6-2-7-16-33/h1-9,11-13,15-18,20-21,31,35-37H,10,14,19,22-30H2. The lowest BCUT2D eigenvalue weighted by molar-refractivity contribution is 0.0890. The molecule has 0 saturated heterocycles. The quantitative estimate of drug-likeness (QED) is 0.156. The molecule has 0 radical (unpaired) electrons. The Morgan fingerprint density at radius 2 is 1.39 bits per heavy atom. The summed E-state index contributed by atoms with van der Waals surface area (Å²) in [5.41, 5.74) is 6.65. The molecule has 2 aliphatic rings. The van der Waals surface area contributed by atoms with Gasteiger partial charge in [0.25, 0.3) is 0 Å². The average Bonchev–Trinajstić information content (AvgIpc) is 3.09. The van der Waals surface area contributed by atoms with Crippen LogP contribution < -0.4 is 0 Å². The molecule has 1 saturated carbocycles. The predicted molar refractivity (Wildman–Crippen MR) is 180 cm³/mol. The summed E-state index contributed by atoms with van der Waals surface area (Å²) in [5, 5.41) is 0. The van der Waals surface area contributed by atoms with Crippen LogP contribution in [0, 0.1) is 11.8 Å². The normalized spacial score (nSPS) is 20.5. The van der Waals surface area contributed by atoms with Crippen LogP contribution in [0.3, 0.4) is 0 Å². The van der Waals surface area contributed by atoms with E-state index in [1.807, 2.05) is 30.3 Å². The third-order valence-corrected chi connectivity index (χ3v) is 10.5. The molecule has 0 bridgehead atoms. The van der Waals surface area contributed by atoms with Gasteiger partial charge in [-0.1, -0.05) is 122 Å². The molecule has 0 spiro atoms. The van der Waals surface area contributed by atoms with Crippen molar-refractivity contribution in [2.24, 2.45) is 11.8 Å². The minimum absolute atomic E-state index is 0.0989. The summed E-state index contributed by atoms with van der Waals surface area (Å²) in [6, 6.07) is 38.0. The lowest BCUT2D eigenvalue weighted by Crippen LogP contribution is -2.25. The van der Waals surface area contributed by atoms with Gasteiger partial charge in [0.1, 0.15) is 0 Å². The van der Waals surface area contributed by atoms with Crippen LogP contribution in [0.1, 0.15) is 119 Å². The molecule has 2 aliphatic carbocycles. The second-order valence-electron chi connectivity index (χ2n) is 13.2. The zero-order valence-corrected chi connectivity index (χ0v) is 26.0. The van der Waals surface area contributed by atoms with Gasteiger partial charge in [0.15, 0.2) is 11.6 Å². The molecule has 2 nitrogen and oxygen atoms in total. The highest BCUT2D eigenvalue weighted by Crippen LogP contribution is 2.39. The van der Waals surface area contributed by atoms with Crippen molar-refractivity contribution in [1.82, 2.24) is 0 Å². The Morgan fingerprint density at radius 3 is 2.11 bits per heavy atom. The van der Waals surface area contributed by atoms with E-state index in [0.717, 1.165) is 61.1 Å². The fraction of sp³-hybridized carbons (Fsp3) is 0.381. The number of rotatable bonds is 12. The van der Waals surface area contributed by atoms with Gasteiger partial charge in [-0.15, -0.1) is 0 Å². The van der Waals surface area contributed by atoms with Crippen molar-refractivity contribution in [2.75, 3.05) is 0 Å². The van der Waals surface area contributed by atoms with Crippen LogP contribution in [-0.4, -0.2) is 11.6 Å². The lowest BCUT2D eigenvalue weighted by atomic mass is 9.75. The molecule has 0 aliphatic heterocycles. The van der Waals surface area contributed by atoms with Crippen molar-refractivity contribution in [3.05, 3.63) is 143 Å². The maximum Gasteiger partial charge on any atom is 0.166 e. The minimum atomic E-state index is 0.0989. The molecule has 4 aromatic carbocycles. The van der Waals surface area contributed by atoms with Gasteiger partial charge >= 0.3 is 0 Å². The van der Waals surface area contributed by atoms with E-state index in [1.165, 1.54) is 48.8 Å². The largest absolute Gasteiger partial charge is 0.294 e. The smallest absolute Gasteiger partial charge is 0.166 e. The SMILES string of the molecule is O=C(CCC(Cc1ccccc1)c1ccccc1)c1cccc2c1CCC(CCCC1CCC(c3ccccc3)CC1)C2=O. The summed E-state index contributed by atoms with van der Waals surface area (Å²) < 4.78 is 0. The Hall–Kier alpha value is -3.78. The van der Waals surface area contributed by atoms with Crippen molar-refractivity contribution in [3.8, 4) is 0 Å². The van der Waals surface area contributed by atoms with Crippen molar-refractivity contribution in [1.29, 1.82) is 0 Å². The van der Waals surface area contributed by atoms with E-state index in [1.54, 1.807) is 0 Å². The van der Waals surface area contributed by atoms with Crippen LogP contribution in [0.4, 0.5) is 0 Å². The third kappa shape index (κ3) is 7.46. The van der Waals surface area contributed by atoms with E-state index in [2.05, 4.69) is 78.9 Å². The summed E-state index contributed by atoms with van der Waals surface area (Å²) in [6.45, 7) is 0. The Kier molecular flexibility index (Phi) is 10.2. The van der Waals surface area contributed by atoms with E-state index in [4.69, 9.17) is 0 Å². The maximum atomic E-state index is 13.6. The zero-order valence-electron chi connectivity index (χ0n) is 26.0. The summed E-state index contributed by atoms with van der Waals surface area (Å²) in [7, 11) is 0. The number of hydrogen-bond acceptors (Lipinski definition) is 2. The molecular formula is C42H46O2. The van der Waals surface area contributed by atoms with Crippen LogP contribution in [-0.2, 0) is 12.8 Å². The Bertz CT molecular complexity index is 1500. The highest BCUT2D eigenvalue weighted by Gasteiger charge is 2.30. The van der Waals surface area contributed by atoms with E-state index >= 15 is 0 Å². The summed E-state index contributed by atoms with van der Waals surface area (Å²) in [5.74, 6) is 2.33. The minimum Gasteiger partial charge on any atom is -0.294 e. The molecule has 2 heteroatoms. The molecule has 4 aromatic rings. The number of ketones is 2. The van der Waals surface area contributed by atoms with Crippen LogP contribution >= 0.6 is 0 Å². The molecular weight excluding hydrogens is 536 g/mol. The topological polar surface area (TPSA) is 34.1 Å². The first-order valence-corrected chi connectivity index (χ1v) is 17.0. The van der Waals surface area contributed by atoms with Crippen molar-refractivity contribution < 1.29 is 9.59 Å². The maximum absolute atomic E-state index is 13.6. The number of hydrogen-bond donors (Lipinski definition) is 0. The number of fused-ring (bicyclic) bond motifs is 1. The Labute approximate surface area is 263 Å². The van der Waals surface area contributed by atoms with Crippen LogP contribution in [0.2, 0.25) is 0 Å². The molecule has 2 unspecified atom stereocenters. The van der Waals surface area contributed by atoms with Gasteiger partial charge < -0.3 is 0 Å². The number of benzene rings is 4. The first-order chi connectivity index (χ1) is 21.7. The second kappa shape index (κ2) is 14.8. The van der Waals surface area contributed by atoms with Crippen molar-refractivity contribution >= 4 is 11.6 Å². The molecule has 0 aromatic heterocycles. The lowest BCUT2D eigenvalue weighted by Gasteiger charge is -2.30. The Morgan fingerprint density at radius 1 is 0.705 bits per heavy atom. The fourth-order valence-corrected chi connectivity index (χ4v) is 7.91. The Balaban J connectivity index is 1.03. The van der Waals surface area contributed by atoms with Gasteiger partial charge in [-0.3, -0.25) is 9.59 Å². The zero-order chi connectivity index (χ0) is 30.1. The third-order valence-electron chi connectivity index (χ3n) is 10.5. The summed E-state index contributed by atoms with van der Waals surface area (Å²) in [6.07, 6.45) is 12.5. The number of Topliss-reactive ketones (excluding diaryl/α,β-unsaturated/α-hetero) is 2. The second-order valence-corrected chi connectivity index (χ2v) is 13.2. The van der Waals surface area contributed by atoms with E-state index in [9.17, 15) is 9.59 Å². The van der Waals surface area contributed by atoms with Crippen LogP contribution in [0.15, 0.2) is 109 Å². The van der Waals surface area contributed by atoms with Gasteiger partial charge in [-0.25, -0.2) is 0 Å². The monoisotopic (exact) mass is 582 g/mol. The van der Waals surface area contributed by atoms with Crippen LogP contribution in [0.5, 0.6) is 0 Å². The molecule has 6 rings (SSSR count). The molecule has 0 heterocycles. The van der Waals surface area contributed by atoms with Crippen molar-refractivity contribution in [2.45, 2.75) is 88.9 Å². The van der Waals surface area contributed by atoms with Gasteiger partial charge in [-0.2, -0.15) is 0 Å². The van der Waals surface area contributed by atoms with E-state index in [0.29, 0.717) is 12.3 Å². The molecule has 2 atom stereocenters. The summed E-state index contributed by atoms with van der Waals surface area (Å²) >= 11 is 0. The van der Waals surface area contributed by atoms with Gasteiger partial charge in [0.05, 0.1) is 0 Å². The highest BCUT2D eigenvalue weighted by atomic mass is 16.1. The van der Waals surface area contributed by atoms with Crippen molar-refractivity contribution in [3.63, 3.8) is 0 Å². The molecule has 44 heavy (non-hydrogen) atoms. The molecule has 226 valence electrons. The summed E-state index contributed by atoms with van der Waals surface area (Å²) in [4.78, 5) is 27.3. The molecule has 0 N–H and O–H groups in total. The average molecular weight is 583 g/mol. The van der Waals surface area contributed by atoms with Crippen LogP contribution in [0.25, 0.3) is 0 Å². The van der Waals surface area contributed by atoms with E-state index < -0.39 is 0 Å². The first kappa shape index (κ1) is 30.3. The van der Waals surface area contributed by atoms with Gasteiger partial charge in [0.2, 0.25) is 0 Å². The predicted octanol–water partition coefficient (Wildman–Crippen LogP) is 10.6. The number of carbonyl (C=O) groups excluding carboxylic acids is 2. The fourth-order valence-electron chi connectivity index (χ4n) is 7.91. The first-order valence-electron chi connectivity index (χ1n) is 17.0. The van der Waals surface area contributed by atoms with Gasteiger partial charge in [-0.05, 0) is 97.8 Å². The van der Waals surface area contributed by atoms with Gasteiger partial charge in [0, 0.05) is 23.5 Å². The highest BCUT2D eigenvalue weighted by molar-refractivity contribution is 6.05. The number of carbonyl (C=O) groups is 2.